The molecule has 1 aliphatic rings. The molecule has 16 heteroatoms. The number of benzene rings is 2. The van der Waals surface area contributed by atoms with Crippen molar-refractivity contribution < 1.29 is 34.8 Å². The van der Waals surface area contributed by atoms with Gasteiger partial charge in [-0.25, -0.2) is 23.1 Å². The summed E-state index contributed by atoms with van der Waals surface area (Å²) in [6.07, 6.45) is -1.26. The van der Waals surface area contributed by atoms with Crippen LogP contribution in [0.4, 0.5) is 38.1 Å². The van der Waals surface area contributed by atoms with Gasteiger partial charge >= 0.3 is 12.4 Å². The van der Waals surface area contributed by atoms with Crippen molar-refractivity contribution in [2.75, 3.05) is 30.3 Å². The molecule has 2 aromatic carbocycles. The first-order chi connectivity index (χ1) is 21.8. The number of para-hydroxylation sites is 1. The van der Waals surface area contributed by atoms with Crippen molar-refractivity contribution in [1.29, 1.82) is 0 Å². The lowest BCUT2D eigenvalue weighted by atomic mass is 9.82. The van der Waals surface area contributed by atoms with E-state index in [1.807, 2.05) is 35.0 Å². The van der Waals surface area contributed by atoms with Crippen molar-refractivity contribution in [1.82, 2.24) is 24.2 Å². The smallest absolute Gasteiger partial charge is 0.369 e. The average molecular weight is 670 g/mol. The number of imidazole rings is 1. The maximum Gasteiger partial charge on any atom is 0.416 e. The van der Waals surface area contributed by atoms with Gasteiger partial charge in [0.2, 0.25) is 16.0 Å². The predicted molar refractivity (Wildman–Crippen MR) is 160 cm³/mol. The summed E-state index contributed by atoms with van der Waals surface area (Å²) in [5.41, 5.74) is -2.57. The minimum absolute atomic E-state index is 0.0935. The molecule has 0 bridgehead atoms. The van der Waals surface area contributed by atoms with Crippen LogP contribution >= 0.6 is 0 Å². The summed E-state index contributed by atoms with van der Waals surface area (Å²) >= 11 is 0. The average Bonchev–Trinajstić information content (AvgIpc) is 3.54. The van der Waals surface area contributed by atoms with E-state index in [1.54, 1.807) is 12.5 Å². The summed E-state index contributed by atoms with van der Waals surface area (Å²) in [6.45, 7) is 2.00. The molecular formula is C30H33F6N7O2S. The van der Waals surface area contributed by atoms with Crippen LogP contribution in [0.2, 0.25) is 0 Å². The van der Waals surface area contributed by atoms with E-state index in [2.05, 4.69) is 25.3 Å². The molecule has 46 heavy (non-hydrogen) atoms. The molecule has 0 unspecified atom stereocenters. The van der Waals surface area contributed by atoms with Gasteiger partial charge in [0.15, 0.2) is 0 Å². The van der Waals surface area contributed by atoms with Gasteiger partial charge in [-0.2, -0.15) is 31.3 Å². The molecule has 1 fully saturated rings. The molecule has 0 atom stereocenters. The number of nitrogens with zero attached hydrogens (tertiary/aromatic N) is 4. The first-order valence-corrected chi connectivity index (χ1v) is 16.3. The van der Waals surface area contributed by atoms with E-state index >= 15 is 0 Å². The molecule has 1 saturated carbocycles. The van der Waals surface area contributed by atoms with Gasteiger partial charge < -0.3 is 15.2 Å². The first-order valence-electron chi connectivity index (χ1n) is 14.8. The summed E-state index contributed by atoms with van der Waals surface area (Å²) in [6, 6.07) is 8.03. The number of fused-ring (bicyclic) bond motifs is 1. The maximum atomic E-state index is 13.2. The van der Waals surface area contributed by atoms with Gasteiger partial charge in [-0.05, 0) is 74.3 Å². The van der Waals surface area contributed by atoms with Crippen LogP contribution < -0.4 is 15.4 Å². The zero-order valence-electron chi connectivity index (χ0n) is 24.6. The van der Waals surface area contributed by atoms with Crippen LogP contribution in [0.15, 0.2) is 66.1 Å². The van der Waals surface area contributed by atoms with Crippen molar-refractivity contribution in [2.45, 2.75) is 55.9 Å². The van der Waals surface area contributed by atoms with E-state index in [-0.39, 0.29) is 36.6 Å². The number of sulfonamides is 1. The summed E-state index contributed by atoms with van der Waals surface area (Å²) in [5.74, 6) is 1.32. The molecule has 0 saturated heterocycles. The minimum Gasteiger partial charge on any atom is -0.369 e. The third-order valence-electron chi connectivity index (χ3n) is 8.00. The Balaban J connectivity index is 1.14. The van der Waals surface area contributed by atoms with Crippen molar-refractivity contribution >= 4 is 32.7 Å². The molecule has 4 aromatic rings. The first kappa shape index (κ1) is 33.4. The molecule has 0 radical (unpaired) electrons. The fourth-order valence-electron chi connectivity index (χ4n) is 5.45. The molecule has 0 amide bonds. The zero-order chi connectivity index (χ0) is 33.0. The largest absolute Gasteiger partial charge is 0.416 e. The Morgan fingerprint density at radius 3 is 2.13 bits per heavy atom. The standard InChI is InChI=1S/C30H33F6N7O2S/c31-29(32,33)22-14-23(30(34,35)36)16-24(15-22)46(44,45)40-18-21-8-6-20(7-9-21)17-39-28-41-26-5-2-1-4-25(26)27(42-28)38-10-3-12-43-13-11-37-19-43/h1-2,4-5,11,13-16,19-21,40H,3,6-10,12,17-18H2,(H2,38,39,41,42). The van der Waals surface area contributed by atoms with Gasteiger partial charge in [-0.3, -0.25) is 0 Å². The van der Waals surface area contributed by atoms with Gasteiger partial charge in [0.1, 0.15) is 5.82 Å². The second-order valence-corrected chi connectivity index (χ2v) is 13.1. The van der Waals surface area contributed by atoms with Crippen LogP contribution in [0.5, 0.6) is 0 Å². The SMILES string of the molecule is O=S(=O)(NCC1CCC(CNc2nc(NCCCn3ccnc3)c3ccccc3n2)CC1)c1cc(C(F)(F)F)cc(C(F)(F)F)c1. The highest BCUT2D eigenvalue weighted by atomic mass is 32.2. The lowest BCUT2D eigenvalue weighted by Gasteiger charge is -2.28. The number of hydrogen-bond acceptors (Lipinski definition) is 7. The fourth-order valence-corrected chi connectivity index (χ4v) is 6.63. The lowest BCUT2D eigenvalue weighted by Crippen LogP contribution is -2.32. The third kappa shape index (κ3) is 8.66. The number of alkyl halides is 6. The second-order valence-electron chi connectivity index (χ2n) is 11.4. The quantitative estimate of drug-likeness (QED) is 0.116. The molecule has 0 aliphatic heterocycles. The Kier molecular flexibility index (Phi) is 10.1. The van der Waals surface area contributed by atoms with Crippen molar-refractivity contribution in [3.05, 3.63) is 72.3 Å². The topological polar surface area (TPSA) is 114 Å². The number of hydrogen-bond donors (Lipinski definition) is 3. The molecule has 248 valence electrons. The van der Waals surface area contributed by atoms with Crippen molar-refractivity contribution in [2.24, 2.45) is 11.8 Å². The van der Waals surface area contributed by atoms with E-state index < -0.39 is 38.4 Å². The van der Waals surface area contributed by atoms with Gasteiger partial charge in [-0.1, -0.05) is 12.1 Å². The van der Waals surface area contributed by atoms with Crippen LogP contribution in [0, 0.1) is 11.8 Å². The molecule has 3 N–H and O–H groups in total. The summed E-state index contributed by atoms with van der Waals surface area (Å²) in [4.78, 5) is 12.3. The molecular weight excluding hydrogens is 636 g/mol. The Hall–Kier alpha value is -3.92. The molecule has 2 aromatic heterocycles. The predicted octanol–water partition coefficient (Wildman–Crippen LogP) is 6.56. The highest BCUT2D eigenvalue weighted by molar-refractivity contribution is 7.89. The number of halogens is 6. The summed E-state index contributed by atoms with van der Waals surface area (Å²) in [7, 11) is -4.62. The normalized spacial score (nSPS) is 17.7. The van der Waals surface area contributed by atoms with Crippen LogP contribution in [-0.2, 0) is 28.9 Å². The number of aryl methyl sites for hydroxylation is 1. The number of aromatic nitrogens is 4. The molecule has 2 heterocycles. The number of rotatable bonds is 12. The van der Waals surface area contributed by atoms with E-state index in [4.69, 9.17) is 4.98 Å². The molecule has 1 aliphatic carbocycles. The maximum absolute atomic E-state index is 13.2. The van der Waals surface area contributed by atoms with Crippen LogP contribution in [0.1, 0.15) is 43.2 Å². The van der Waals surface area contributed by atoms with E-state index in [1.165, 1.54) is 0 Å². The Bertz CT molecular complexity index is 1690. The van der Waals surface area contributed by atoms with Crippen molar-refractivity contribution in [3.8, 4) is 0 Å². The van der Waals surface area contributed by atoms with Gasteiger partial charge in [0.25, 0.3) is 0 Å². The van der Waals surface area contributed by atoms with Crippen LogP contribution in [-0.4, -0.2) is 47.6 Å². The third-order valence-corrected chi connectivity index (χ3v) is 9.40. The number of nitrogens with one attached hydrogen (secondary N) is 3. The Morgan fingerprint density at radius 2 is 1.50 bits per heavy atom. The lowest BCUT2D eigenvalue weighted by molar-refractivity contribution is -0.143. The van der Waals surface area contributed by atoms with Gasteiger partial charge in [0, 0.05) is 44.0 Å². The molecule has 9 nitrogen and oxygen atoms in total. The van der Waals surface area contributed by atoms with Gasteiger partial charge in [0.05, 0.1) is 27.9 Å². The monoisotopic (exact) mass is 669 g/mol. The molecule has 5 rings (SSSR count). The van der Waals surface area contributed by atoms with E-state index in [0.717, 1.165) is 42.5 Å². The number of anilines is 2. The van der Waals surface area contributed by atoms with E-state index in [0.29, 0.717) is 31.9 Å². The highest BCUT2D eigenvalue weighted by Crippen LogP contribution is 2.37. The fraction of sp³-hybridized carbons (Fsp3) is 0.433. The van der Waals surface area contributed by atoms with Crippen LogP contribution in [0.25, 0.3) is 10.9 Å². The zero-order valence-corrected chi connectivity index (χ0v) is 25.4. The van der Waals surface area contributed by atoms with E-state index in [9.17, 15) is 34.8 Å². The highest BCUT2D eigenvalue weighted by Gasteiger charge is 2.38. The minimum atomic E-state index is -5.14. The second kappa shape index (κ2) is 13.8. The molecule has 0 spiro atoms. The Morgan fingerprint density at radius 1 is 0.848 bits per heavy atom. The Labute approximate surface area is 261 Å². The van der Waals surface area contributed by atoms with Crippen molar-refractivity contribution in [3.63, 3.8) is 0 Å². The van der Waals surface area contributed by atoms with Gasteiger partial charge in [-0.15, -0.1) is 0 Å². The van der Waals surface area contributed by atoms with Crippen LogP contribution in [0.3, 0.4) is 0 Å². The summed E-state index contributed by atoms with van der Waals surface area (Å²) in [5, 5.41) is 7.62. The summed E-state index contributed by atoms with van der Waals surface area (Å²) < 4.78 is 109.